The Labute approximate surface area is 178 Å². The van der Waals surface area contributed by atoms with E-state index in [1.165, 1.54) is 0 Å². The molecule has 0 amide bonds. The zero-order chi connectivity index (χ0) is 18.7. The fourth-order valence-corrected chi connectivity index (χ4v) is 3.86. The van der Waals surface area contributed by atoms with Gasteiger partial charge in [0.05, 0.1) is 20.8 Å². The van der Waals surface area contributed by atoms with Crippen molar-refractivity contribution in [3.63, 3.8) is 0 Å². The van der Waals surface area contributed by atoms with E-state index in [0.717, 1.165) is 44.0 Å². The smallest absolute Gasteiger partial charge is 0.173 e. The van der Waals surface area contributed by atoms with Gasteiger partial charge >= 0.3 is 0 Å². The summed E-state index contributed by atoms with van der Waals surface area (Å²) in [4.78, 5) is 4.51. The maximum Gasteiger partial charge on any atom is 0.173 e. The van der Waals surface area contributed by atoms with Crippen molar-refractivity contribution in [2.75, 3.05) is 31.5 Å². The summed E-state index contributed by atoms with van der Waals surface area (Å²) in [6.45, 7) is 4.36. The molecule has 138 valence electrons. The lowest BCUT2D eigenvalue weighted by molar-refractivity contribution is 0.177. The van der Waals surface area contributed by atoms with Crippen molar-refractivity contribution in [3.05, 3.63) is 62.1 Å². The minimum Gasteiger partial charge on any atom is -0.346 e. The molecule has 1 fully saturated rings. The third-order valence-electron chi connectivity index (χ3n) is 4.22. The van der Waals surface area contributed by atoms with E-state index in [0.29, 0.717) is 25.2 Å². The van der Waals surface area contributed by atoms with E-state index < -0.39 is 0 Å². The molecule has 3 rings (SSSR count). The zero-order valence-electron chi connectivity index (χ0n) is 13.8. The number of anilines is 1. The fraction of sp³-hybridized carbons (Fsp3) is 0.278. The van der Waals surface area contributed by atoms with Gasteiger partial charge in [0.25, 0.3) is 0 Å². The van der Waals surface area contributed by atoms with E-state index >= 15 is 0 Å². The van der Waals surface area contributed by atoms with Crippen LogP contribution in [-0.2, 0) is 6.54 Å². The molecule has 1 saturated heterocycles. The van der Waals surface area contributed by atoms with Gasteiger partial charge in [-0.05, 0) is 48.1 Å². The van der Waals surface area contributed by atoms with E-state index in [4.69, 9.17) is 58.6 Å². The maximum absolute atomic E-state index is 6.20. The molecule has 1 N–H and O–H groups in total. The first-order chi connectivity index (χ1) is 12.4. The summed E-state index contributed by atoms with van der Waals surface area (Å²) < 4.78 is 0. The number of rotatable bonds is 3. The van der Waals surface area contributed by atoms with Crippen LogP contribution < -0.4 is 5.32 Å². The number of nitrogens with zero attached hydrogens (tertiary/aromatic N) is 2. The summed E-state index contributed by atoms with van der Waals surface area (Å²) >= 11 is 29.7. The van der Waals surface area contributed by atoms with Crippen molar-refractivity contribution in [3.8, 4) is 0 Å². The Bertz CT molecular complexity index is 807. The predicted molar refractivity (Wildman–Crippen MR) is 116 cm³/mol. The van der Waals surface area contributed by atoms with E-state index in [1.807, 2.05) is 24.3 Å². The summed E-state index contributed by atoms with van der Waals surface area (Å²) in [6, 6.07) is 11.1. The number of hydrogen-bond acceptors (Lipinski definition) is 2. The van der Waals surface area contributed by atoms with Crippen LogP contribution in [0.15, 0.2) is 36.4 Å². The van der Waals surface area contributed by atoms with Crippen LogP contribution in [-0.4, -0.2) is 41.1 Å². The quantitative estimate of drug-likeness (QED) is 0.596. The zero-order valence-corrected chi connectivity index (χ0v) is 17.7. The standard InChI is InChI=1S/C18H17Cl4N3S/c19-13-2-4-17(16(22)10-13)23-18(26)25-7-5-24(6-8-25)11-12-1-3-14(20)15(21)9-12/h1-4,9-10H,5-8,11H2,(H,23,26). The monoisotopic (exact) mass is 447 g/mol. The van der Waals surface area contributed by atoms with Gasteiger partial charge in [0.15, 0.2) is 5.11 Å². The second-order valence-corrected chi connectivity index (χ2v) is 8.11. The molecule has 3 nitrogen and oxygen atoms in total. The van der Waals surface area contributed by atoms with Gasteiger partial charge in [0.2, 0.25) is 0 Å². The SMILES string of the molecule is S=C(Nc1ccc(Cl)cc1Cl)N1CCN(Cc2ccc(Cl)c(Cl)c2)CC1. The Morgan fingerprint density at radius 1 is 0.885 bits per heavy atom. The Kier molecular flexibility index (Phi) is 6.89. The van der Waals surface area contributed by atoms with Crippen molar-refractivity contribution < 1.29 is 0 Å². The largest absolute Gasteiger partial charge is 0.346 e. The molecule has 8 heteroatoms. The lowest BCUT2D eigenvalue weighted by Gasteiger charge is -2.36. The molecular weight excluding hydrogens is 432 g/mol. The highest BCUT2D eigenvalue weighted by atomic mass is 35.5. The van der Waals surface area contributed by atoms with Crippen LogP contribution >= 0.6 is 58.6 Å². The lowest BCUT2D eigenvalue weighted by Crippen LogP contribution is -2.49. The van der Waals surface area contributed by atoms with Crippen molar-refractivity contribution >= 4 is 69.4 Å². The van der Waals surface area contributed by atoms with Gasteiger partial charge < -0.3 is 10.2 Å². The average Bonchev–Trinajstić information content (AvgIpc) is 2.61. The van der Waals surface area contributed by atoms with Crippen molar-refractivity contribution in [1.82, 2.24) is 9.80 Å². The first-order valence-corrected chi connectivity index (χ1v) is 10.0. The van der Waals surface area contributed by atoms with Gasteiger partial charge in [-0.2, -0.15) is 0 Å². The molecule has 1 aliphatic rings. The molecule has 0 atom stereocenters. The van der Waals surface area contributed by atoms with E-state index in [1.54, 1.807) is 12.1 Å². The third kappa shape index (κ3) is 5.16. The molecule has 0 bridgehead atoms. The van der Waals surface area contributed by atoms with Crippen molar-refractivity contribution in [2.24, 2.45) is 0 Å². The van der Waals surface area contributed by atoms with Crippen LogP contribution in [0.3, 0.4) is 0 Å². The Balaban J connectivity index is 1.52. The fourth-order valence-electron chi connectivity index (χ4n) is 2.79. The Hall–Kier alpha value is -0.750. The number of thiocarbonyl (C=S) groups is 1. The van der Waals surface area contributed by atoms with Gasteiger partial charge in [-0.25, -0.2) is 0 Å². The van der Waals surface area contributed by atoms with E-state index in [2.05, 4.69) is 15.1 Å². The molecule has 0 radical (unpaired) electrons. The molecule has 2 aromatic carbocycles. The second kappa shape index (κ2) is 8.96. The van der Waals surface area contributed by atoms with Crippen molar-refractivity contribution in [1.29, 1.82) is 0 Å². The Morgan fingerprint density at radius 3 is 2.27 bits per heavy atom. The summed E-state index contributed by atoms with van der Waals surface area (Å²) in [5.74, 6) is 0. The van der Waals surface area contributed by atoms with Gasteiger partial charge in [0, 0.05) is 37.7 Å². The highest BCUT2D eigenvalue weighted by Crippen LogP contribution is 2.26. The number of piperazine rings is 1. The predicted octanol–water partition coefficient (Wildman–Crippen LogP) is 5.81. The molecule has 26 heavy (non-hydrogen) atoms. The summed E-state index contributed by atoms with van der Waals surface area (Å²) in [6.07, 6.45) is 0. The molecule has 0 aromatic heterocycles. The highest BCUT2D eigenvalue weighted by Gasteiger charge is 2.19. The van der Waals surface area contributed by atoms with Gasteiger partial charge in [-0.1, -0.05) is 52.5 Å². The molecule has 2 aromatic rings. The number of hydrogen-bond donors (Lipinski definition) is 1. The minimum atomic E-state index is 0.554. The lowest BCUT2D eigenvalue weighted by atomic mass is 10.2. The van der Waals surface area contributed by atoms with Crippen LogP contribution in [0.2, 0.25) is 20.1 Å². The topological polar surface area (TPSA) is 18.5 Å². The van der Waals surface area contributed by atoms with Gasteiger partial charge in [0.1, 0.15) is 0 Å². The van der Waals surface area contributed by atoms with Crippen LogP contribution in [0.25, 0.3) is 0 Å². The van der Waals surface area contributed by atoms with Gasteiger partial charge in [-0.15, -0.1) is 0 Å². The summed E-state index contributed by atoms with van der Waals surface area (Å²) in [5, 5.41) is 6.20. The normalized spacial score (nSPS) is 15.2. The maximum atomic E-state index is 6.20. The average molecular weight is 449 g/mol. The van der Waals surface area contributed by atoms with Crippen molar-refractivity contribution in [2.45, 2.75) is 6.54 Å². The number of nitrogens with one attached hydrogen (secondary N) is 1. The minimum absolute atomic E-state index is 0.554. The first kappa shape index (κ1) is 20.0. The molecule has 0 spiro atoms. The molecule has 0 unspecified atom stereocenters. The number of halogens is 4. The van der Waals surface area contributed by atoms with Crippen LogP contribution in [0.4, 0.5) is 5.69 Å². The number of benzene rings is 2. The van der Waals surface area contributed by atoms with Crippen LogP contribution in [0.5, 0.6) is 0 Å². The summed E-state index contributed by atoms with van der Waals surface area (Å²) in [7, 11) is 0. The third-order valence-corrected chi connectivity index (χ3v) is 5.87. The van der Waals surface area contributed by atoms with E-state index in [-0.39, 0.29) is 0 Å². The molecule has 0 saturated carbocycles. The van der Waals surface area contributed by atoms with Gasteiger partial charge in [-0.3, -0.25) is 4.90 Å². The molecule has 1 heterocycles. The second-order valence-electron chi connectivity index (χ2n) is 6.07. The summed E-state index contributed by atoms with van der Waals surface area (Å²) in [5.41, 5.74) is 1.92. The molecular formula is C18H17Cl4N3S. The van der Waals surface area contributed by atoms with E-state index in [9.17, 15) is 0 Å². The Morgan fingerprint density at radius 2 is 1.62 bits per heavy atom. The van der Waals surface area contributed by atoms with Crippen LogP contribution in [0.1, 0.15) is 5.56 Å². The van der Waals surface area contributed by atoms with Crippen LogP contribution in [0, 0.1) is 0 Å². The first-order valence-electron chi connectivity index (χ1n) is 8.09. The molecule has 1 aliphatic heterocycles. The highest BCUT2D eigenvalue weighted by molar-refractivity contribution is 7.80. The molecule has 0 aliphatic carbocycles.